The second kappa shape index (κ2) is 5.59. The number of benzene rings is 1. The van der Waals surface area contributed by atoms with Crippen molar-refractivity contribution in [3.8, 4) is 11.5 Å². The van der Waals surface area contributed by atoms with Crippen LogP contribution in [0.2, 0.25) is 0 Å². The highest BCUT2D eigenvalue weighted by molar-refractivity contribution is 5.81. The molecule has 1 amide bonds. The normalized spacial score (nSPS) is 17.2. The Hall–Kier alpha value is -2.96. The topological polar surface area (TPSA) is 68.8 Å². The van der Waals surface area contributed by atoms with Crippen molar-refractivity contribution >= 4 is 5.91 Å². The molecule has 7 heteroatoms. The van der Waals surface area contributed by atoms with Crippen LogP contribution < -0.4 is 0 Å². The standard InChI is InChI=1S/C17H18N6O/c1-12-17(24)22(10-13-6-4-3-5-7-13)11-15-18-19-16(23(12)15)14-8-9-21(2)20-14/h3-9,12H,10-11H2,1-2H3/t12-/m0/s1. The molecule has 3 heterocycles. The van der Waals surface area contributed by atoms with Gasteiger partial charge in [0.1, 0.15) is 11.7 Å². The average Bonchev–Trinajstić information content (AvgIpc) is 3.19. The number of hydrogen-bond acceptors (Lipinski definition) is 4. The number of amides is 1. The molecule has 0 fully saturated rings. The van der Waals surface area contributed by atoms with Gasteiger partial charge in [0.2, 0.25) is 5.91 Å². The van der Waals surface area contributed by atoms with Crippen molar-refractivity contribution in [3.63, 3.8) is 0 Å². The van der Waals surface area contributed by atoms with E-state index in [9.17, 15) is 4.79 Å². The highest BCUT2D eigenvalue weighted by Gasteiger charge is 2.33. The SMILES string of the molecule is C[C@H]1C(=O)N(Cc2ccccc2)Cc2nnc(-c3ccn(C)n3)n21. The van der Waals surface area contributed by atoms with Crippen LogP contribution in [0, 0.1) is 0 Å². The van der Waals surface area contributed by atoms with E-state index in [-0.39, 0.29) is 11.9 Å². The molecule has 2 aromatic heterocycles. The second-order valence-electron chi connectivity index (χ2n) is 6.04. The van der Waals surface area contributed by atoms with Gasteiger partial charge in [0.05, 0.1) is 6.54 Å². The third-order valence-electron chi connectivity index (χ3n) is 4.31. The monoisotopic (exact) mass is 322 g/mol. The molecule has 122 valence electrons. The lowest BCUT2D eigenvalue weighted by atomic mass is 10.1. The predicted octanol–water partition coefficient (Wildman–Crippen LogP) is 1.78. The molecule has 1 atom stereocenters. The summed E-state index contributed by atoms with van der Waals surface area (Å²) < 4.78 is 3.61. The molecule has 0 saturated heterocycles. The van der Waals surface area contributed by atoms with Crippen LogP contribution in [0.5, 0.6) is 0 Å². The predicted molar refractivity (Wildman–Crippen MR) is 87.6 cm³/mol. The Kier molecular flexibility index (Phi) is 3.41. The molecule has 24 heavy (non-hydrogen) atoms. The fourth-order valence-electron chi connectivity index (χ4n) is 3.11. The van der Waals surface area contributed by atoms with E-state index < -0.39 is 0 Å². The zero-order chi connectivity index (χ0) is 16.7. The van der Waals surface area contributed by atoms with Gasteiger partial charge < -0.3 is 4.90 Å². The highest BCUT2D eigenvalue weighted by atomic mass is 16.2. The molecule has 0 unspecified atom stereocenters. The van der Waals surface area contributed by atoms with Crippen LogP contribution >= 0.6 is 0 Å². The van der Waals surface area contributed by atoms with Crippen LogP contribution in [0.4, 0.5) is 0 Å². The molecular weight excluding hydrogens is 304 g/mol. The van der Waals surface area contributed by atoms with Crippen molar-refractivity contribution in [2.75, 3.05) is 0 Å². The number of carbonyl (C=O) groups excluding carboxylic acids is 1. The minimum atomic E-state index is -0.343. The van der Waals surface area contributed by atoms with E-state index >= 15 is 0 Å². The number of nitrogens with zero attached hydrogens (tertiary/aromatic N) is 6. The summed E-state index contributed by atoms with van der Waals surface area (Å²) in [6, 6.07) is 11.5. The van der Waals surface area contributed by atoms with E-state index in [1.807, 2.05) is 66.0 Å². The van der Waals surface area contributed by atoms with Gasteiger partial charge >= 0.3 is 0 Å². The zero-order valence-corrected chi connectivity index (χ0v) is 13.6. The largest absolute Gasteiger partial charge is 0.329 e. The number of aryl methyl sites for hydroxylation is 1. The summed E-state index contributed by atoms with van der Waals surface area (Å²) in [4.78, 5) is 14.6. The third-order valence-corrected chi connectivity index (χ3v) is 4.31. The molecule has 0 aliphatic carbocycles. The van der Waals surface area contributed by atoms with Crippen molar-refractivity contribution in [1.82, 2.24) is 29.4 Å². The minimum Gasteiger partial charge on any atom is -0.329 e. The first-order valence-corrected chi connectivity index (χ1v) is 7.90. The van der Waals surface area contributed by atoms with Crippen LogP contribution in [0.1, 0.15) is 24.4 Å². The minimum absolute atomic E-state index is 0.0725. The van der Waals surface area contributed by atoms with E-state index in [1.165, 1.54) is 0 Å². The molecule has 0 bridgehead atoms. The van der Waals surface area contributed by atoms with Gasteiger partial charge in [0, 0.05) is 19.8 Å². The molecule has 1 aromatic carbocycles. The van der Waals surface area contributed by atoms with Gasteiger partial charge in [0.15, 0.2) is 11.6 Å². The van der Waals surface area contributed by atoms with Gasteiger partial charge in [0.25, 0.3) is 0 Å². The Bertz CT molecular complexity index is 882. The number of rotatable bonds is 3. The Morgan fingerprint density at radius 3 is 2.67 bits per heavy atom. The Morgan fingerprint density at radius 2 is 1.96 bits per heavy atom. The molecule has 0 spiro atoms. The van der Waals surface area contributed by atoms with Gasteiger partial charge in [-0.2, -0.15) is 5.10 Å². The molecule has 0 N–H and O–H groups in total. The molecule has 4 rings (SSSR count). The average molecular weight is 322 g/mol. The summed E-state index contributed by atoms with van der Waals surface area (Å²) in [6.07, 6.45) is 1.86. The smallest absolute Gasteiger partial charge is 0.246 e. The van der Waals surface area contributed by atoms with E-state index in [4.69, 9.17) is 0 Å². The molecule has 3 aromatic rings. The molecule has 1 aliphatic heterocycles. The van der Waals surface area contributed by atoms with Crippen LogP contribution in [-0.2, 0) is 24.9 Å². The first kappa shape index (κ1) is 14.6. The summed E-state index contributed by atoms with van der Waals surface area (Å²) >= 11 is 0. The van der Waals surface area contributed by atoms with E-state index in [0.717, 1.165) is 17.1 Å². The fraction of sp³-hybridized carbons (Fsp3) is 0.294. The second-order valence-corrected chi connectivity index (χ2v) is 6.04. The maximum atomic E-state index is 12.8. The first-order valence-electron chi connectivity index (χ1n) is 7.90. The Morgan fingerprint density at radius 1 is 1.17 bits per heavy atom. The van der Waals surface area contributed by atoms with Crippen molar-refractivity contribution in [3.05, 3.63) is 54.0 Å². The lowest BCUT2D eigenvalue weighted by Gasteiger charge is -2.32. The van der Waals surface area contributed by atoms with Crippen molar-refractivity contribution < 1.29 is 4.79 Å². The fourth-order valence-corrected chi connectivity index (χ4v) is 3.11. The highest BCUT2D eigenvalue weighted by Crippen LogP contribution is 2.28. The van der Waals surface area contributed by atoms with Gasteiger partial charge in [-0.3, -0.25) is 14.0 Å². The van der Waals surface area contributed by atoms with Crippen LogP contribution in [0.15, 0.2) is 42.6 Å². The zero-order valence-electron chi connectivity index (χ0n) is 13.6. The summed E-state index contributed by atoms with van der Waals surface area (Å²) in [5, 5.41) is 12.9. The quantitative estimate of drug-likeness (QED) is 0.737. The summed E-state index contributed by atoms with van der Waals surface area (Å²) in [6.45, 7) is 2.92. The van der Waals surface area contributed by atoms with Crippen LogP contribution in [0.3, 0.4) is 0 Å². The van der Waals surface area contributed by atoms with Crippen LogP contribution in [-0.4, -0.2) is 35.4 Å². The number of hydrogen-bond donors (Lipinski definition) is 0. The lowest BCUT2D eigenvalue weighted by Crippen LogP contribution is -2.41. The Labute approximate surface area is 139 Å². The first-order chi connectivity index (χ1) is 11.6. The number of carbonyl (C=O) groups is 1. The van der Waals surface area contributed by atoms with Crippen molar-refractivity contribution in [1.29, 1.82) is 0 Å². The van der Waals surface area contributed by atoms with E-state index in [0.29, 0.717) is 18.9 Å². The molecular formula is C17H18N6O. The maximum absolute atomic E-state index is 12.8. The van der Waals surface area contributed by atoms with Gasteiger partial charge in [-0.1, -0.05) is 30.3 Å². The molecule has 1 aliphatic rings. The van der Waals surface area contributed by atoms with Crippen LogP contribution in [0.25, 0.3) is 11.5 Å². The summed E-state index contributed by atoms with van der Waals surface area (Å²) in [5.41, 5.74) is 1.84. The van der Waals surface area contributed by atoms with Gasteiger partial charge in [-0.05, 0) is 18.6 Å². The van der Waals surface area contributed by atoms with E-state index in [2.05, 4.69) is 15.3 Å². The number of aromatic nitrogens is 5. The summed E-state index contributed by atoms with van der Waals surface area (Å²) in [7, 11) is 1.85. The van der Waals surface area contributed by atoms with Gasteiger partial charge in [-0.25, -0.2) is 0 Å². The third kappa shape index (κ3) is 2.38. The van der Waals surface area contributed by atoms with Crippen molar-refractivity contribution in [2.24, 2.45) is 7.05 Å². The summed E-state index contributed by atoms with van der Waals surface area (Å²) in [5.74, 6) is 1.51. The molecule has 0 radical (unpaired) electrons. The lowest BCUT2D eigenvalue weighted by molar-refractivity contribution is -0.137. The van der Waals surface area contributed by atoms with E-state index in [1.54, 1.807) is 4.68 Å². The Balaban J connectivity index is 1.66. The maximum Gasteiger partial charge on any atom is 0.246 e. The van der Waals surface area contributed by atoms with Crippen molar-refractivity contribution in [2.45, 2.75) is 26.1 Å². The molecule has 0 saturated carbocycles. The molecule has 7 nitrogen and oxygen atoms in total. The van der Waals surface area contributed by atoms with Gasteiger partial charge in [-0.15, -0.1) is 10.2 Å². The number of fused-ring (bicyclic) bond motifs is 1.